The number of piperazine rings is 1. The van der Waals surface area contributed by atoms with Gasteiger partial charge in [0.2, 0.25) is 5.95 Å². The third kappa shape index (κ3) is 3.69. The van der Waals surface area contributed by atoms with E-state index in [1.807, 2.05) is 52.7 Å². The lowest BCUT2D eigenvalue weighted by Gasteiger charge is -2.34. The van der Waals surface area contributed by atoms with Crippen molar-refractivity contribution in [2.45, 2.75) is 0 Å². The summed E-state index contributed by atoms with van der Waals surface area (Å²) in [5.74, 6) is 0.626. The molecule has 152 valence electrons. The number of thiazole rings is 1. The largest absolute Gasteiger partial charge is 0.336 e. The molecule has 5 rings (SSSR count). The third-order valence-corrected chi connectivity index (χ3v) is 7.05. The van der Waals surface area contributed by atoms with Crippen molar-refractivity contribution >= 4 is 46.1 Å². The van der Waals surface area contributed by atoms with E-state index in [4.69, 9.17) is 11.6 Å². The van der Waals surface area contributed by atoms with Crippen LogP contribution in [0.2, 0.25) is 4.34 Å². The molecule has 0 unspecified atom stereocenters. The van der Waals surface area contributed by atoms with Crippen molar-refractivity contribution in [3.63, 3.8) is 0 Å². The Bertz CT molecular complexity index is 1160. The fraction of sp³-hybridized carbons (Fsp3) is 0.211. The van der Waals surface area contributed by atoms with Crippen LogP contribution in [-0.4, -0.2) is 62.2 Å². The Kier molecular flexibility index (Phi) is 5.19. The number of anilines is 1. The van der Waals surface area contributed by atoms with E-state index in [1.54, 1.807) is 4.68 Å². The Balaban J connectivity index is 1.26. The number of benzene rings is 1. The first-order valence-corrected chi connectivity index (χ1v) is 11.4. The van der Waals surface area contributed by atoms with Crippen LogP contribution in [0, 0.1) is 0 Å². The molecular weight excluding hydrogens is 442 g/mol. The fourth-order valence-corrected chi connectivity index (χ4v) is 5.21. The summed E-state index contributed by atoms with van der Waals surface area (Å²) in [6.07, 6.45) is 0. The quantitative estimate of drug-likeness (QED) is 0.467. The fourth-order valence-electron chi connectivity index (χ4n) is 3.30. The predicted molar refractivity (Wildman–Crippen MR) is 118 cm³/mol. The van der Waals surface area contributed by atoms with Gasteiger partial charge >= 0.3 is 0 Å². The summed E-state index contributed by atoms with van der Waals surface area (Å²) in [5, 5.41) is 14.8. The Morgan fingerprint density at radius 3 is 2.57 bits per heavy atom. The molecule has 4 aromatic rings. The normalized spacial score (nSPS) is 14.3. The molecule has 0 atom stereocenters. The van der Waals surface area contributed by atoms with Gasteiger partial charge in [-0.1, -0.05) is 34.9 Å². The summed E-state index contributed by atoms with van der Waals surface area (Å²) in [6.45, 7) is 2.46. The molecule has 3 aromatic heterocycles. The third-order valence-electron chi connectivity index (χ3n) is 4.81. The summed E-state index contributed by atoms with van der Waals surface area (Å²) >= 11 is 8.93. The van der Waals surface area contributed by atoms with E-state index in [1.165, 1.54) is 22.7 Å². The van der Waals surface area contributed by atoms with Crippen molar-refractivity contribution in [2.24, 2.45) is 0 Å². The maximum Gasteiger partial charge on any atom is 0.273 e. The number of aromatic nitrogens is 5. The molecule has 0 bridgehead atoms. The summed E-state index contributed by atoms with van der Waals surface area (Å²) in [7, 11) is 0. The maximum atomic E-state index is 12.9. The zero-order chi connectivity index (χ0) is 20.5. The monoisotopic (exact) mass is 457 g/mol. The molecule has 0 saturated carbocycles. The molecule has 0 aliphatic carbocycles. The van der Waals surface area contributed by atoms with Crippen LogP contribution < -0.4 is 4.90 Å². The van der Waals surface area contributed by atoms with Crippen molar-refractivity contribution in [3.05, 3.63) is 57.9 Å². The second kappa shape index (κ2) is 8.13. The summed E-state index contributed by atoms with van der Waals surface area (Å²) in [6, 6.07) is 13.5. The van der Waals surface area contributed by atoms with Crippen molar-refractivity contribution in [1.82, 2.24) is 30.1 Å². The van der Waals surface area contributed by atoms with Gasteiger partial charge in [0.05, 0.1) is 14.9 Å². The van der Waals surface area contributed by atoms with Gasteiger partial charge in [-0.15, -0.1) is 22.7 Å². The van der Waals surface area contributed by atoms with Gasteiger partial charge in [-0.25, -0.2) is 4.98 Å². The molecule has 4 heterocycles. The molecule has 1 saturated heterocycles. The first-order valence-electron chi connectivity index (χ1n) is 9.28. The highest BCUT2D eigenvalue weighted by Crippen LogP contribution is 2.33. The SMILES string of the molecule is O=C(c1csc(-c2ccc(Cl)s2)n1)N1CCN(c2nnnn2-c2ccccc2)CC1. The second-order valence-electron chi connectivity index (χ2n) is 6.65. The summed E-state index contributed by atoms with van der Waals surface area (Å²) in [5.41, 5.74) is 1.38. The molecule has 1 fully saturated rings. The number of carbonyl (C=O) groups excluding carboxylic acids is 1. The van der Waals surface area contributed by atoms with Crippen LogP contribution >= 0.6 is 34.3 Å². The molecule has 8 nitrogen and oxygen atoms in total. The summed E-state index contributed by atoms with van der Waals surface area (Å²) < 4.78 is 2.43. The number of para-hydroxylation sites is 1. The number of amides is 1. The Labute approximate surface area is 185 Å². The minimum absolute atomic E-state index is 0.0533. The number of tetrazole rings is 1. The van der Waals surface area contributed by atoms with E-state index >= 15 is 0 Å². The smallest absolute Gasteiger partial charge is 0.273 e. The second-order valence-corrected chi connectivity index (χ2v) is 9.22. The zero-order valence-electron chi connectivity index (χ0n) is 15.7. The number of hydrogen-bond acceptors (Lipinski definition) is 8. The molecule has 0 spiro atoms. The number of nitrogens with zero attached hydrogens (tertiary/aromatic N) is 7. The van der Waals surface area contributed by atoms with E-state index in [2.05, 4.69) is 25.4 Å². The van der Waals surface area contributed by atoms with E-state index in [9.17, 15) is 4.79 Å². The van der Waals surface area contributed by atoms with Crippen molar-refractivity contribution in [3.8, 4) is 15.6 Å². The number of carbonyl (C=O) groups is 1. The first kappa shape index (κ1) is 19.2. The molecule has 0 N–H and O–H groups in total. The number of halogens is 1. The zero-order valence-corrected chi connectivity index (χ0v) is 18.1. The highest BCUT2D eigenvalue weighted by atomic mass is 35.5. The molecule has 11 heteroatoms. The van der Waals surface area contributed by atoms with Gasteiger partial charge < -0.3 is 9.80 Å². The molecule has 1 aliphatic heterocycles. The number of rotatable bonds is 4. The van der Waals surface area contributed by atoms with E-state index < -0.39 is 0 Å². The summed E-state index contributed by atoms with van der Waals surface area (Å²) in [4.78, 5) is 22.3. The molecule has 1 aromatic carbocycles. The van der Waals surface area contributed by atoms with Gasteiger partial charge in [-0.2, -0.15) is 4.68 Å². The van der Waals surface area contributed by atoms with Gasteiger partial charge in [0.25, 0.3) is 5.91 Å². The lowest BCUT2D eigenvalue weighted by Crippen LogP contribution is -2.49. The predicted octanol–water partition coefficient (Wildman–Crippen LogP) is 3.46. The molecule has 30 heavy (non-hydrogen) atoms. The molecule has 0 radical (unpaired) electrons. The van der Waals surface area contributed by atoms with Crippen molar-refractivity contribution < 1.29 is 4.79 Å². The van der Waals surface area contributed by atoms with E-state index in [0.29, 0.717) is 42.2 Å². The van der Waals surface area contributed by atoms with Crippen LogP contribution in [-0.2, 0) is 0 Å². The Morgan fingerprint density at radius 2 is 1.83 bits per heavy atom. The lowest BCUT2D eigenvalue weighted by atomic mass is 10.3. The molecule has 1 aliphatic rings. The van der Waals surface area contributed by atoms with Crippen LogP contribution in [0.15, 0.2) is 47.8 Å². The highest BCUT2D eigenvalue weighted by Gasteiger charge is 2.27. The topological polar surface area (TPSA) is 80.0 Å². The average molecular weight is 458 g/mol. The number of hydrogen-bond donors (Lipinski definition) is 0. The Hall–Kier alpha value is -2.82. The minimum atomic E-state index is -0.0533. The van der Waals surface area contributed by atoms with Crippen LogP contribution in [0.1, 0.15) is 10.5 Å². The number of thiophene rings is 1. The van der Waals surface area contributed by atoms with Crippen LogP contribution in [0.3, 0.4) is 0 Å². The van der Waals surface area contributed by atoms with Crippen molar-refractivity contribution in [1.29, 1.82) is 0 Å². The minimum Gasteiger partial charge on any atom is -0.336 e. The van der Waals surface area contributed by atoms with Gasteiger partial charge in [0.15, 0.2) is 0 Å². The maximum absolute atomic E-state index is 12.9. The van der Waals surface area contributed by atoms with Crippen LogP contribution in [0.25, 0.3) is 15.6 Å². The molecule has 1 amide bonds. The average Bonchev–Trinajstić information content (AvgIpc) is 3.54. The first-order chi connectivity index (χ1) is 14.7. The Morgan fingerprint density at radius 1 is 1.03 bits per heavy atom. The van der Waals surface area contributed by atoms with Crippen LogP contribution in [0.4, 0.5) is 5.95 Å². The van der Waals surface area contributed by atoms with Gasteiger partial charge in [0.1, 0.15) is 10.7 Å². The van der Waals surface area contributed by atoms with E-state index in [-0.39, 0.29) is 5.91 Å². The lowest BCUT2D eigenvalue weighted by molar-refractivity contribution is 0.0741. The van der Waals surface area contributed by atoms with Gasteiger partial charge in [-0.3, -0.25) is 4.79 Å². The van der Waals surface area contributed by atoms with E-state index in [0.717, 1.165) is 15.6 Å². The van der Waals surface area contributed by atoms with Gasteiger partial charge in [-0.05, 0) is 34.7 Å². The molecular formula is C19H16ClN7OS2. The standard InChI is InChI=1S/C19H16ClN7OS2/c20-16-7-6-15(30-16)17-21-14(12-29-17)18(28)25-8-10-26(11-9-25)19-22-23-24-27(19)13-4-2-1-3-5-13/h1-7,12H,8-11H2. The van der Waals surface area contributed by atoms with Crippen LogP contribution in [0.5, 0.6) is 0 Å². The highest BCUT2D eigenvalue weighted by molar-refractivity contribution is 7.23. The van der Waals surface area contributed by atoms with Gasteiger partial charge in [0, 0.05) is 31.6 Å². The van der Waals surface area contributed by atoms with Crippen molar-refractivity contribution in [2.75, 3.05) is 31.1 Å².